The molecule has 2 heterocycles. The fraction of sp³-hybridized carbons (Fsp3) is 0.500. The summed E-state index contributed by atoms with van der Waals surface area (Å²) in [6.07, 6.45) is 5.59. The molecule has 1 N–H and O–H groups in total. The Morgan fingerprint density at radius 2 is 1.78 bits per heavy atom. The molecule has 0 amide bonds. The topological polar surface area (TPSA) is 20.2 Å². The summed E-state index contributed by atoms with van der Waals surface area (Å²) in [5, 5.41) is 12.2. The second-order valence-corrected chi connectivity index (χ2v) is 7.20. The predicted molar refractivity (Wildman–Crippen MR) is 78.7 cm³/mol. The second-order valence-electron chi connectivity index (χ2n) is 5.60. The number of hydrogen-bond donors (Lipinski definition) is 1. The highest BCUT2D eigenvalue weighted by Crippen LogP contribution is 2.49. The van der Waals surface area contributed by atoms with Crippen molar-refractivity contribution < 1.29 is 5.11 Å². The quantitative estimate of drug-likeness (QED) is 0.871. The molecule has 0 aromatic heterocycles. The van der Waals surface area contributed by atoms with Gasteiger partial charge in [-0.15, -0.1) is 0 Å². The van der Waals surface area contributed by atoms with Gasteiger partial charge in [0, 0.05) is 10.5 Å². The monoisotopic (exact) mass is 260 g/mol. The molecule has 1 aromatic rings. The van der Waals surface area contributed by atoms with Gasteiger partial charge in [-0.3, -0.25) is 0 Å². The molecule has 2 aliphatic heterocycles. The van der Waals surface area contributed by atoms with Gasteiger partial charge in [-0.05, 0) is 36.8 Å². The third-order valence-corrected chi connectivity index (χ3v) is 5.83. The molecule has 2 saturated heterocycles. The molecule has 2 heteroatoms. The van der Waals surface area contributed by atoms with Crippen LogP contribution >= 0.6 is 11.8 Å². The van der Waals surface area contributed by atoms with Crippen molar-refractivity contribution in [3.8, 4) is 0 Å². The second kappa shape index (κ2) is 4.75. The van der Waals surface area contributed by atoms with Gasteiger partial charge in [0.2, 0.25) is 0 Å². The number of hydrogen-bond acceptors (Lipinski definition) is 2. The van der Waals surface area contributed by atoms with E-state index in [-0.39, 0.29) is 0 Å². The molecule has 0 saturated carbocycles. The highest BCUT2D eigenvalue weighted by Gasteiger charge is 2.43. The summed E-state index contributed by atoms with van der Waals surface area (Å²) >= 11 is 2.09. The lowest BCUT2D eigenvalue weighted by Crippen LogP contribution is -2.43. The molecular formula is C16H20OS. The van der Waals surface area contributed by atoms with Crippen molar-refractivity contribution in [1.29, 1.82) is 0 Å². The largest absolute Gasteiger partial charge is 0.385 e. The van der Waals surface area contributed by atoms with Crippen LogP contribution in [0.3, 0.4) is 0 Å². The molecule has 0 spiro atoms. The Labute approximate surface area is 113 Å². The van der Waals surface area contributed by atoms with Crippen molar-refractivity contribution in [3.05, 3.63) is 42.5 Å². The maximum Gasteiger partial charge on any atom is 0.0917 e. The number of benzene rings is 1. The number of aliphatic hydroxyl groups is 1. The van der Waals surface area contributed by atoms with E-state index >= 15 is 0 Å². The zero-order valence-corrected chi connectivity index (χ0v) is 11.5. The van der Waals surface area contributed by atoms with E-state index in [1.54, 1.807) is 0 Å². The summed E-state index contributed by atoms with van der Waals surface area (Å²) in [5.74, 6) is 0. The molecule has 3 rings (SSSR count). The standard InChI is InChI=1S/C16H20OS/c1-12(13-6-3-2-4-7-13)16(17)10-14-8-5-9-15(11-16)18-14/h2-4,6-7,14-15,17H,1,5,8-11H2. The van der Waals surface area contributed by atoms with Crippen molar-refractivity contribution in [3.63, 3.8) is 0 Å². The summed E-state index contributed by atoms with van der Waals surface area (Å²) in [5.41, 5.74) is 1.33. The number of rotatable bonds is 2. The predicted octanol–water partition coefficient (Wildman–Crippen LogP) is 3.88. The lowest BCUT2D eigenvalue weighted by molar-refractivity contribution is 0.0707. The van der Waals surface area contributed by atoms with E-state index in [4.69, 9.17) is 0 Å². The van der Waals surface area contributed by atoms with Crippen molar-refractivity contribution in [1.82, 2.24) is 0 Å². The number of thioether (sulfide) groups is 1. The summed E-state index contributed by atoms with van der Waals surface area (Å²) < 4.78 is 0. The van der Waals surface area contributed by atoms with Gasteiger partial charge in [-0.2, -0.15) is 11.8 Å². The molecule has 2 fully saturated rings. The minimum absolute atomic E-state index is 0.628. The van der Waals surface area contributed by atoms with Gasteiger partial charge in [0.1, 0.15) is 0 Å². The molecule has 1 aromatic carbocycles. The first-order valence-electron chi connectivity index (χ1n) is 6.80. The van der Waals surface area contributed by atoms with Gasteiger partial charge >= 0.3 is 0 Å². The molecule has 2 bridgehead atoms. The van der Waals surface area contributed by atoms with Gasteiger partial charge in [0.05, 0.1) is 5.60 Å². The minimum Gasteiger partial charge on any atom is -0.385 e. The van der Waals surface area contributed by atoms with E-state index in [1.807, 2.05) is 18.2 Å². The Bertz CT molecular complexity index is 428. The highest BCUT2D eigenvalue weighted by atomic mass is 32.2. The molecule has 2 aliphatic rings. The lowest BCUT2D eigenvalue weighted by Gasteiger charge is -2.45. The molecular weight excluding hydrogens is 240 g/mol. The maximum absolute atomic E-state index is 11.0. The Balaban J connectivity index is 1.84. The van der Waals surface area contributed by atoms with Crippen LogP contribution in [0.2, 0.25) is 0 Å². The molecule has 96 valence electrons. The third-order valence-electron chi connectivity index (χ3n) is 4.25. The smallest absolute Gasteiger partial charge is 0.0917 e. The van der Waals surface area contributed by atoms with E-state index in [2.05, 4.69) is 30.5 Å². The van der Waals surface area contributed by atoms with Crippen LogP contribution in [0, 0.1) is 0 Å². The molecule has 2 unspecified atom stereocenters. The Morgan fingerprint density at radius 1 is 1.17 bits per heavy atom. The van der Waals surface area contributed by atoms with Crippen LogP contribution in [0.4, 0.5) is 0 Å². The van der Waals surface area contributed by atoms with Gasteiger partial charge in [0.15, 0.2) is 0 Å². The fourth-order valence-electron chi connectivity index (χ4n) is 3.27. The van der Waals surface area contributed by atoms with Gasteiger partial charge in [-0.1, -0.05) is 43.3 Å². The van der Waals surface area contributed by atoms with E-state index in [9.17, 15) is 5.11 Å². The lowest BCUT2D eigenvalue weighted by atomic mass is 9.78. The normalized spacial score (nSPS) is 35.2. The third kappa shape index (κ3) is 2.24. The minimum atomic E-state index is -0.678. The van der Waals surface area contributed by atoms with E-state index in [0.29, 0.717) is 10.5 Å². The first-order valence-corrected chi connectivity index (χ1v) is 7.74. The average molecular weight is 260 g/mol. The SMILES string of the molecule is C=C(c1ccccc1)C1(O)CC2CCCC(C1)S2. The van der Waals surface area contributed by atoms with E-state index < -0.39 is 5.60 Å². The molecule has 0 aliphatic carbocycles. The van der Waals surface area contributed by atoms with Crippen molar-refractivity contribution in [2.75, 3.05) is 0 Å². The maximum atomic E-state index is 11.0. The summed E-state index contributed by atoms with van der Waals surface area (Å²) in [7, 11) is 0. The van der Waals surface area contributed by atoms with Gasteiger partial charge in [0.25, 0.3) is 0 Å². The number of fused-ring (bicyclic) bond motifs is 2. The van der Waals surface area contributed by atoms with Crippen LogP contribution in [-0.4, -0.2) is 21.2 Å². The molecule has 0 radical (unpaired) electrons. The van der Waals surface area contributed by atoms with Crippen LogP contribution in [0.15, 0.2) is 36.9 Å². The average Bonchev–Trinajstić information content (AvgIpc) is 2.38. The highest BCUT2D eigenvalue weighted by molar-refractivity contribution is 8.00. The van der Waals surface area contributed by atoms with Crippen LogP contribution in [0.25, 0.3) is 5.57 Å². The Morgan fingerprint density at radius 3 is 2.39 bits per heavy atom. The zero-order valence-electron chi connectivity index (χ0n) is 10.6. The first-order chi connectivity index (χ1) is 8.67. The van der Waals surface area contributed by atoms with Crippen molar-refractivity contribution in [2.45, 2.75) is 48.2 Å². The first kappa shape index (κ1) is 12.3. The van der Waals surface area contributed by atoms with Crippen LogP contribution in [0.5, 0.6) is 0 Å². The summed E-state index contributed by atoms with van der Waals surface area (Å²) in [6, 6.07) is 10.1. The van der Waals surface area contributed by atoms with E-state index in [0.717, 1.165) is 24.0 Å². The Kier molecular flexibility index (Phi) is 3.25. The van der Waals surface area contributed by atoms with Crippen molar-refractivity contribution in [2.24, 2.45) is 0 Å². The molecule has 18 heavy (non-hydrogen) atoms. The van der Waals surface area contributed by atoms with Crippen LogP contribution in [0.1, 0.15) is 37.7 Å². The Hall–Kier alpha value is -0.730. The van der Waals surface area contributed by atoms with Gasteiger partial charge < -0.3 is 5.11 Å². The molecule has 1 nitrogen and oxygen atoms in total. The van der Waals surface area contributed by atoms with Gasteiger partial charge in [-0.25, -0.2) is 0 Å². The zero-order chi connectivity index (χ0) is 12.6. The van der Waals surface area contributed by atoms with E-state index in [1.165, 1.54) is 19.3 Å². The van der Waals surface area contributed by atoms with Crippen molar-refractivity contribution >= 4 is 17.3 Å². The van der Waals surface area contributed by atoms with Crippen LogP contribution < -0.4 is 0 Å². The van der Waals surface area contributed by atoms with Crippen LogP contribution in [-0.2, 0) is 0 Å². The summed E-state index contributed by atoms with van der Waals surface area (Å²) in [4.78, 5) is 0. The summed E-state index contributed by atoms with van der Waals surface area (Å²) in [6.45, 7) is 4.19. The fourth-order valence-corrected chi connectivity index (χ4v) is 5.17. The molecule has 2 atom stereocenters.